The Bertz CT molecular complexity index is 1510. The van der Waals surface area contributed by atoms with Gasteiger partial charge in [0.2, 0.25) is 11.8 Å². The minimum absolute atomic E-state index is 0.0252. The van der Waals surface area contributed by atoms with Gasteiger partial charge in [0, 0.05) is 30.6 Å². The molecule has 0 atom stereocenters. The second-order valence-corrected chi connectivity index (χ2v) is 10.4. The number of anilines is 1. The lowest BCUT2D eigenvalue weighted by atomic mass is 9.78. The Morgan fingerprint density at radius 2 is 1.67 bits per heavy atom. The summed E-state index contributed by atoms with van der Waals surface area (Å²) in [6.45, 7) is 0. The molecule has 0 radical (unpaired) electrons. The van der Waals surface area contributed by atoms with E-state index in [2.05, 4.69) is 27.7 Å². The number of rotatable bonds is 6. The van der Waals surface area contributed by atoms with Crippen LogP contribution in [0.3, 0.4) is 0 Å². The number of nitriles is 1. The van der Waals surface area contributed by atoms with Crippen LogP contribution in [0, 0.1) is 11.3 Å². The summed E-state index contributed by atoms with van der Waals surface area (Å²) in [5.74, 6) is -4.21. The minimum atomic E-state index is -2.91. The number of furan rings is 1. The fourth-order valence-corrected chi connectivity index (χ4v) is 5.00. The normalized spacial score (nSPS) is 20.2. The van der Waals surface area contributed by atoms with E-state index in [4.69, 9.17) is 4.42 Å². The highest BCUT2D eigenvalue weighted by Gasteiger charge is 2.53. The van der Waals surface area contributed by atoms with Crippen molar-refractivity contribution in [3.8, 4) is 17.2 Å². The maximum absolute atomic E-state index is 14.0. The highest BCUT2D eigenvalue weighted by molar-refractivity contribution is 6.01. The number of carbonyl (C=O) groups is 2. The van der Waals surface area contributed by atoms with Crippen molar-refractivity contribution in [2.75, 3.05) is 5.01 Å². The van der Waals surface area contributed by atoms with Gasteiger partial charge in [0.05, 0.1) is 11.8 Å². The van der Waals surface area contributed by atoms with E-state index in [1.807, 2.05) is 53.7 Å². The van der Waals surface area contributed by atoms with Crippen molar-refractivity contribution in [1.82, 2.24) is 21.6 Å². The number of alkyl halides is 2. The van der Waals surface area contributed by atoms with E-state index in [-0.39, 0.29) is 18.6 Å². The molecule has 1 aromatic heterocycles. The molecule has 9 nitrogen and oxygen atoms in total. The van der Waals surface area contributed by atoms with Gasteiger partial charge in [-0.1, -0.05) is 24.3 Å². The summed E-state index contributed by atoms with van der Waals surface area (Å²) in [6, 6.07) is 17.1. The van der Waals surface area contributed by atoms with E-state index in [0.29, 0.717) is 23.8 Å². The number of nitrogens with zero attached hydrogens (tertiary/aromatic N) is 2. The van der Waals surface area contributed by atoms with Crippen LogP contribution in [0.15, 0.2) is 65.3 Å². The predicted octanol–water partition coefficient (Wildman–Crippen LogP) is 4.25. The molecule has 0 saturated heterocycles. The molecule has 2 aliphatic carbocycles. The van der Waals surface area contributed by atoms with Crippen LogP contribution >= 0.6 is 0 Å². The van der Waals surface area contributed by atoms with Crippen molar-refractivity contribution in [2.45, 2.75) is 55.5 Å². The topological polar surface area (TPSA) is 122 Å². The highest BCUT2D eigenvalue weighted by atomic mass is 19.3. The third-order valence-electron chi connectivity index (χ3n) is 7.65. The fraction of sp³-hybridized carbons (Fsp3) is 0.321. The van der Waals surface area contributed by atoms with Gasteiger partial charge < -0.3 is 20.5 Å². The summed E-state index contributed by atoms with van der Waals surface area (Å²) in [6.07, 6.45) is 3.07. The van der Waals surface area contributed by atoms with Gasteiger partial charge in [-0.3, -0.25) is 14.6 Å². The summed E-state index contributed by atoms with van der Waals surface area (Å²) in [5.41, 5.74) is 6.57. The van der Waals surface area contributed by atoms with Crippen LogP contribution in [0.1, 0.15) is 49.1 Å². The Kier molecular flexibility index (Phi) is 5.80. The van der Waals surface area contributed by atoms with Crippen LogP contribution in [0.4, 0.5) is 14.5 Å². The third kappa shape index (κ3) is 4.79. The second kappa shape index (κ2) is 9.10. The molecule has 200 valence electrons. The molecule has 1 aliphatic heterocycles. The first-order chi connectivity index (χ1) is 18.7. The number of benzene rings is 2. The lowest BCUT2D eigenvalue weighted by Crippen LogP contribution is -2.62. The predicted molar refractivity (Wildman–Crippen MR) is 139 cm³/mol. The molecule has 0 unspecified atom stereocenters. The smallest absolute Gasteiger partial charge is 0.287 e. The molecule has 2 heterocycles. The van der Waals surface area contributed by atoms with Gasteiger partial charge in [0.25, 0.3) is 5.91 Å². The zero-order valence-corrected chi connectivity index (χ0v) is 20.9. The largest absolute Gasteiger partial charge is 0.451 e. The summed E-state index contributed by atoms with van der Waals surface area (Å²) in [4.78, 5) is 26.5. The van der Waals surface area contributed by atoms with Crippen LogP contribution in [-0.4, -0.2) is 28.8 Å². The number of hydrogen-bond donors (Lipinski definition) is 4. The van der Waals surface area contributed by atoms with E-state index in [0.717, 1.165) is 16.8 Å². The first-order valence-electron chi connectivity index (χ1n) is 12.8. The quantitative estimate of drug-likeness (QED) is 0.374. The number of halogens is 2. The van der Waals surface area contributed by atoms with E-state index in [9.17, 15) is 23.6 Å². The Labute approximate surface area is 222 Å². The van der Waals surface area contributed by atoms with E-state index in [1.165, 1.54) is 0 Å². The molecule has 11 heteroatoms. The van der Waals surface area contributed by atoms with Crippen molar-refractivity contribution >= 4 is 28.5 Å². The molecule has 2 aromatic carbocycles. The number of fused-ring (bicyclic) bond motifs is 1. The van der Waals surface area contributed by atoms with Crippen molar-refractivity contribution < 1.29 is 22.8 Å². The lowest BCUT2D eigenvalue weighted by Gasteiger charge is -2.39. The van der Waals surface area contributed by atoms with Crippen molar-refractivity contribution in [3.05, 3.63) is 66.7 Å². The zero-order valence-electron chi connectivity index (χ0n) is 20.9. The first kappa shape index (κ1) is 24.9. The Balaban J connectivity index is 1.22. The lowest BCUT2D eigenvalue weighted by molar-refractivity contribution is -0.133. The Morgan fingerprint density at radius 1 is 0.949 bits per heavy atom. The SMILES string of the molecule is N#CC1(NC(=O)C2(NC(=O)c3cc4ccc(-c5ccc(N6C=CNN6)cc5)cc4o3)CCC(F)(F)CC2)CC1. The standard InChI is InChI=1S/C28H26F2N6O3/c29-28(30)11-9-27(10-12-28,25(38)34-26(17-31)7-8-26)33-24(37)23-16-20-2-1-19(15-22(20)39-23)18-3-5-21(6-4-18)36-14-13-32-35-36/h1-6,13-16,32,35H,7-12H2,(H,33,37)(H,34,38). The van der Waals surface area contributed by atoms with Gasteiger partial charge in [-0.15, -0.1) is 5.53 Å². The second-order valence-electron chi connectivity index (χ2n) is 10.4. The van der Waals surface area contributed by atoms with Crippen molar-refractivity contribution in [1.29, 1.82) is 5.26 Å². The minimum Gasteiger partial charge on any atom is -0.451 e. The van der Waals surface area contributed by atoms with Gasteiger partial charge in [0.1, 0.15) is 16.7 Å². The molecule has 4 N–H and O–H groups in total. The third-order valence-corrected chi connectivity index (χ3v) is 7.65. The number of hydrazine groups is 2. The van der Waals surface area contributed by atoms with Crippen LogP contribution in [0.5, 0.6) is 0 Å². The number of hydrogen-bond acceptors (Lipinski definition) is 7. The maximum Gasteiger partial charge on any atom is 0.287 e. The number of nitrogens with one attached hydrogen (secondary N) is 4. The molecule has 3 aliphatic rings. The average Bonchev–Trinajstić information content (AvgIpc) is 3.30. The van der Waals surface area contributed by atoms with Crippen molar-refractivity contribution in [2.24, 2.45) is 0 Å². The average molecular weight is 533 g/mol. The van der Waals surface area contributed by atoms with Crippen LogP contribution in [-0.2, 0) is 4.79 Å². The van der Waals surface area contributed by atoms with Crippen molar-refractivity contribution in [3.63, 3.8) is 0 Å². The monoisotopic (exact) mass is 532 g/mol. The van der Waals surface area contributed by atoms with Gasteiger partial charge in [-0.25, -0.2) is 8.78 Å². The molecule has 39 heavy (non-hydrogen) atoms. The first-order valence-corrected chi connectivity index (χ1v) is 12.8. The van der Waals surface area contributed by atoms with E-state index in [1.54, 1.807) is 12.3 Å². The van der Waals surface area contributed by atoms with Crippen LogP contribution in [0.2, 0.25) is 0 Å². The molecular formula is C28H26F2N6O3. The molecular weight excluding hydrogens is 506 g/mol. The van der Waals surface area contributed by atoms with Gasteiger partial charge in [-0.05, 0) is 61.1 Å². The molecule has 0 bridgehead atoms. The Morgan fingerprint density at radius 3 is 2.31 bits per heavy atom. The van der Waals surface area contributed by atoms with Gasteiger partial charge in [0.15, 0.2) is 5.76 Å². The summed E-state index contributed by atoms with van der Waals surface area (Å²) < 4.78 is 33.8. The number of carbonyl (C=O) groups excluding carboxylic acids is 2. The molecule has 2 amide bonds. The van der Waals surface area contributed by atoms with Gasteiger partial charge in [-0.2, -0.15) is 5.26 Å². The van der Waals surface area contributed by atoms with Crippen LogP contribution < -0.4 is 26.6 Å². The molecule has 2 saturated carbocycles. The zero-order chi connectivity index (χ0) is 27.3. The summed E-state index contributed by atoms with van der Waals surface area (Å²) >= 11 is 0. The molecule has 3 aromatic rings. The summed E-state index contributed by atoms with van der Waals surface area (Å²) in [5, 5.41) is 17.3. The van der Waals surface area contributed by atoms with E-state index >= 15 is 0 Å². The number of amides is 2. The molecule has 2 fully saturated rings. The maximum atomic E-state index is 14.0. The van der Waals surface area contributed by atoms with E-state index < -0.39 is 41.7 Å². The summed E-state index contributed by atoms with van der Waals surface area (Å²) in [7, 11) is 0. The Hall–Kier alpha value is -4.43. The van der Waals surface area contributed by atoms with Gasteiger partial charge >= 0.3 is 0 Å². The van der Waals surface area contributed by atoms with Crippen LogP contribution in [0.25, 0.3) is 22.1 Å². The fourth-order valence-electron chi connectivity index (χ4n) is 5.00. The molecule has 0 spiro atoms. The molecule has 6 rings (SSSR count). The highest BCUT2D eigenvalue weighted by Crippen LogP contribution is 2.41.